The number of carbonyl (C=O) groups excluding carboxylic acids is 1. The topological polar surface area (TPSA) is 113 Å². The summed E-state index contributed by atoms with van der Waals surface area (Å²) >= 11 is 0. The van der Waals surface area contributed by atoms with Crippen LogP contribution >= 0.6 is 0 Å². The molecule has 0 aromatic heterocycles. The van der Waals surface area contributed by atoms with E-state index in [-0.39, 0.29) is 17.6 Å². The summed E-state index contributed by atoms with van der Waals surface area (Å²) in [5, 5.41) is 21.6. The number of hydrogen-bond acceptors (Lipinski definition) is 4. The molecule has 0 spiro atoms. The predicted octanol–water partition coefficient (Wildman–Crippen LogP) is 1.47. The Labute approximate surface area is 120 Å². The van der Waals surface area contributed by atoms with E-state index in [9.17, 15) is 19.7 Å². The van der Waals surface area contributed by atoms with E-state index in [1.54, 1.807) is 4.90 Å². The summed E-state index contributed by atoms with van der Waals surface area (Å²) < 4.78 is 0. The highest BCUT2D eigenvalue weighted by Gasteiger charge is 2.24. The molecule has 0 bridgehead atoms. The first-order valence-corrected chi connectivity index (χ1v) is 6.50. The second-order valence-electron chi connectivity index (χ2n) is 4.82. The molecule has 2 amide bonds. The molecule has 2 N–H and O–H groups in total. The minimum absolute atomic E-state index is 0.0593. The Balaban J connectivity index is 1.95. The molecule has 1 aliphatic heterocycles. The number of amides is 2. The van der Waals surface area contributed by atoms with Crippen LogP contribution in [0, 0.1) is 10.1 Å². The molecule has 0 atom stereocenters. The maximum Gasteiger partial charge on any atom is 0.404 e. The number of benzene rings is 1. The largest absolute Gasteiger partial charge is 0.465 e. The summed E-state index contributed by atoms with van der Waals surface area (Å²) in [7, 11) is 0. The molecule has 1 heterocycles. The summed E-state index contributed by atoms with van der Waals surface area (Å²) in [5.41, 5.74) is 0.334. The molecule has 8 heteroatoms. The van der Waals surface area contributed by atoms with Gasteiger partial charge in [-0.3, -0.25) is 14.9 Å². The van der Waals surface area contributed by atoms with Crippen LogP contribution in [0.4, 0.5) is 10.5 Å². The van der Waals surface area contributed by atoms with E-state index in [2.05, 4.69) is 5.32 Å². The number of rotatable bonds is 3. The van der Waals surface area contributed by atoms with Gasteiger partial charge < -0.3 is 15.3 Å². The third kappa shape index (κ3) is 3.68. The van der Waals surface area contributed by atoms with Gasteiger partial charge in [-0.05, 0) is 25.0 Å². The molecule has 21 heavy (non-hydrogen) atoms. The SMILES string of the molecule is O=C(O)NC1CCN(C(=O)c2ccc([N+](=O)[O-])cc2)CC1. The fraction of sp³-hybridized carbons (Fsp3) is 0.385. The van der Waals surface area contributed by atoms with Crippen LogP contribution in [0.15, 0.2) is 24.3 Å². The molecule has 112 valence electrons. The summed E-state index contributed by atoms with van der Waals surface area (Å²) in [6, 6.07) is 5.32. The average Bonchev–Trinajstić information content (AvgIpc) is 2.47. The van der Waals surface area contributed by atoms with Crippen molar-refractivity contribution < 1.29 is 19.6 Å². The lowest BCUT2D eigenvalue weighted by Crippen LogP contribution is -2.46. The van der Waals surface area contributed by atoms with Crippen molar-refractivity contribution in [1.82, 2.24) is 10.2 Å². The van der Waals surface area contributed by atoms with Crippen molar-refractivity contribution >= 4 is 17.7 Å². The Bertz CT molecular complexity index is 549. The monoisotopic (exact) mass is 293 g/mol. The van der Waals surface area contributed by atoms with Gasteiger partial charge in [0.15, 0.2) is 0 Å². The number of nitrogens with one attached hydrogen (secondary N) is 1. The fourth-order valence-electron chi connectivity index (χ4n) is 2.31. The summed E-state index contributed by atoms with van der Waals surface area (Å²) in [6.45, 7) is 0.918. The predicted molar refractivity (Wildman–Crippen MR) is 73.2 cm³/mol. The lowest BCUT2D eigenvalue weighted by Gasteiger charge is -2.31. The summed E-state index contributed by atoms with van der Waals surface area (Å²) in [4.78, 5) is 34.4. The minimum Gasteiger partial charge on any atom is -0.465 e. The van der Waals surface area contributed by atoms with Crippen molar-refractivity contribution in [3.63, 3.8) is 0 Å². The third-order valence-electron chi connectivity index (χ3n) is 3.43. The number of non-ortho nitro benzene ring substituents is 1. The molecule has 1 aromatic rings. The smallest absolute Gasteiger partial charge is 0.404 e. The number of nitro benzene ring substituents is 1. The van der Waals surface area contributed by atoms with Crippen molar-refractivity contribution in [2.24, 2.45) is 0 Å². The van der Waals surface area contributed by atoms with E-state index in [1.807, 2.05) is 0 Å². The molecule has 1 fully saturated rings. The maximum atomic E-state index is 12.2. The van der Waals surface area contributed by atoms with E-state index in [0.29, 0.717) is 31.5 Å². The van der Waals surface area contributed by atoms with Crippen molar-refractivity contribution in [2.75, 3.05) is 13.1 Å². The van der Waals surface area contributed by atoms with Gasteiger partial charge in [-0.1, -0.05) is 0 Å². The van der Waals surface area contributed by atoms with Crippen LogP contribution < -0.4 is 5.32 Å². The van der Waals surface area contributed by atoms with Crippen LogP contribution in [-0.4, -0.2) is 46.1 Å². The normalized spacial score (nSPS) is 15.5. The highest BCUT2D eigenvalue weighted by Crippen LogP contribution is 2.17. The molecule has 2 rings (SSSR count). The molecule has 0 aliphatic carbocycles. The van der Waals surface area contributed by atoms with Crippen LogP contribution in [0.25, 0.3) is 0 Å². The summed E-state index contributed by atoms with van der Waals surface area (Å²) in [6.07, 6.45) is 0.0610. The van der Waals surface area contributed by atoms with E-state index < -0.39 is 11.0 Å². The van der Waals surface area contributed by atoms with Crippen LogP contribution in [0.2, 0.25) is 0 Å². The average molecular weight is 293 g/mol. The number of carbonyl (C=O) groups is 2. The van der Waals surface area contributed by atoms with Crippen LogP contribution in [0.5, 0.6) is 0 Å². The molecular weight excluding hydrogens is 278 g/mol. The molecule has 8 nitrogen and oxygen atoms in total. The number of nitro groups is 1. The van der Waals surface area contributed by atoms with Crippen LogP contribution in [0.1, 0.15) is 23.2 Å². The maximum absolute atomic E-state index is 12.2. The Kier molecular flexibility index (Phi) is 4.36. The Hall–Kier alpha value is -2.64. The Morgan fingerprint density at radius 1 is 1.24 bits per heavy atom. The third-order valence-corrected chi connectivity index (χ3v) is 3.43. The van der Waals surface area contributed by atoms with Crippen LogP contribution in [0.3, 0.4) is 0 Å². The van der Waals surface area contributed by atoms with Gasteiger partial charge in [0.1, 0.15) is 0 Å². The van der Waals surface area contributed by atoms with Crippen molar-refractivity contribution in [3.8, 4) is 0 Å². The van der Waals surface area contributed by atoms with Gasteiger partial charge in [-0.2, -0.15) is 0 Å². The van der Waals surface area contributed by atoms with Crippen molar-refractivity contribution in [2.45, 2.75) is 18.9 Å². The van der Waals surface area contributed by atoms with Gasteiger partial charge in [0.25, 0.3) is 11.6 Å². The molecular formula is C13H15N3O5. The molecule has 0 radical (unpaired) electrons. The van der Waals surface area contributed by atoms with Gasteiger partial charge in [-0.25, -0.2) is 4.79 Å². The second-order valence-corrected chi connectivity index (χ2v) is 4.82. The van der Waals surface area contributed by atoms with Gasteiger partial charge in [-0.15, -0.1) is 0 Å². The van der Waals surface area contributed by atoms with E-state index in [0.717, 1.165) is 0 Å². The lowest BCUT2D eigenvalue weighted by atomic mass is 10.0. The fourth-order valence-corrected chi connectivity index (χ4v) is 2.31. The zero-order chi connectivity index (χ0) is 15.4. The summed E-state index contributed by atoms with van der Waals surface area (Å²) in [5.74, 6) is -0.196. The molecule has 0 saturated carbocycles. The zero-order valence-electron chi connectivity index (χ0n) is 11.2. The highest BCUT2D eigenvalue weighted by molar-refractivity contribution is 5.94. The molecule has 0 unspecified atom stereocenters. The number of carboxylic acid groups (broad SMARTS) is 1. The van der Waals surface area contributed by atoms with E-state index in [4.69, 9.17) is 5.11 Å². The lowest BCUT2D eigenvalue weighted by molar-refractivity contribution is -0.384. The van der Waals surface area contributed by atoms with Gasteiger partial charge in [0.05, 0.1) is 4.92 Å². The Morgan fingerprint density at radius 3 is 2.29 bits per heavy atom. The van der Waals surface area contributed by atoms with Gasteiger partial charge in [0.2, 0.25) is 0 Å². The molecule has 1 aromatic carbocycles. The van der Waals surface area contributed by atoms with Gasteiger partial charge >= 0.3 is 6.09 Å². The van der Waals surface area contributed by atoms with E-state index in [1.165, 1.54) is 24.3 Å². The first-order valence-electron chi connectivity index (χ1n) is 6.50. The first kappa shape index (κ1) is 14.8. The van der Waals surface area contributed by atoms with Crippen LogP contribution in [-0.2, 0) is 0 Å². The molecule has 1 saturated heterocycles. The van der Waals surface area contributed by atoms with E-state index >= 15 is 0 Å². The quantitative estimate of drug-likeness (QED) is 0.647. The number of nitrogens with zero attached hydrogens (tertiary/aromatic N) is 2. The molecule has 1 aliphatic rings. The van der Waals surface area contributed by atoms with Gasteiger partial charge in [0, 0.05) is 36.8 Å². The Morgan fingerprint density at radius 2 is 1.81 bits per heavy atom. The highest BCUT2D eigenvalue weighted by atomic mass is 16.6. The minimum atomic E-state index is -1.06. The number of hydrogen-bond donors (Lipinski definition) is 2. The van der Waals surface area contributed by atoms with Crippen molar-refractivity contribution in [1.29, 1.82) is 0 Å². The second kappa shape index (κ2) is 6.21. The number of piperidine rings is 1. The zero-order valence-corrected chi connectivity index (χ0v) is 11.2. The number of likely N-dealkylation sites (tertiary alicyclic amines) is 1. The standard InChI is InChI=1S/C13H15N3O5/c17-12(9-1-3-11(4-2-9)16(20)21)15-7-5-10(6-8-15)14-13(18)19/h1-4,10,14H,5-8H2,(H,18,19). The van der Waals surface area contributed by atoms with Crippen molar-refractivity contribution in [3.05, 3.63) is 39.9 Å². The first-order chi connectivity index (χ1) is 9.97.